The summed E-state index contributed by atoms with van der Waals surface area (Å²) in [5, 5.41) is 3.35. The number of rotatable bonds is 7. The molecule has 0 aromatic carbocycles. The van der Waals surface area contributed by atoms with Crippen molar-refractivity contribution in [1.82, 2.24) is 10.2 Å². The van der Waals surface area contributed by atoms with Gasteiger partial charge in [-0.1, -0.05) is 27.2 Å². The van der Waals surface area contributed by atoms with Crippen LogP contribution in [0.1, 0.15) is 40.0 Å². The van der Waals surface area contributed by atoms with Crippen molar-refractivity contribution in [2.75, 3.05) is 39.8 Å². The molecule has 1 saturated heterocycles. The van der Waals surface area contributed by atoms with E-state index in [1.807, 2.05) is 0 Å². The fourth-order valence-corrected chi connectivity index (χ4v) is 2.96. The van der Waals surface area contributed by atoms with Crippen LogP contribution in [0, 0.1) is 5.41 Å². The molecule has 1 aliphatic heterocycles. The highest BCUT2D eigenvalue weighted by molar-refractivity contribution is 4.82. The standard InChI is InChI=1S/C14H30N2O/c1-5-7-14(3,11-15-4)12-16-8-9-17-13(6-2)10-16/h13,15H,5-12H2,1-4H3. The zero-order chi connectivity index (χ0) is 12.7. The first-order valence-corrected chi connectivity index (χ1v) is 7.12. The van der Waals surface area contributed by atoms with Crippen LogP contribution >= 0.6 is 0 Å². The molecule has 0 amide bonds. The van der Waals surface area contributed by atoms with E-state index in [0.717, 1.165) is 32.7 Å². The Hall–Kier alpha value is -0.120. The molecule has 2 unspecified atom stereocenters. The van der Waals surface area contributed by atoms with Gasteiger partial charge in [0, 0.05) is 26.2 Å². The number of hydrogen-bond donors (Lipinski definition) is 1. The Balaban J connectivity index is 2.48. The summed E-state index contributed by atoms with van der Waals surface area (Å²) < 4.78 is 5.73. The average Bonchev–Trinajstić information content (AvgIpc) is 2.29. The number of nitrogens with zero attached hydrogens (tertiary/aromatic N) is 1. The van der Waals surface area contributed by atoms with E-state index in [9.17, 15) is 0 Å². The van der Waals surface area contributed by atoms with E-state index in [-0.39, 0.29) is 0 Å². The summed E-state index contributed by atoms with van der Waals surface area (Å²) >= 11 is 0. The van der Waals surface area contributed by atoms with Gasteiger partial charge >= 0.3 is 0 Å². The van der Waals surface area contributed by atoms with Gasteiger partial charge in [-0.05, 0) is 25.3 Å². The molecular weight excluding hydrogens is 212 g/mol. The Bertz CT molecular complexity index is 202. The largest absolute Gasteiger partial charge is 0.376 e. The molecule has 1 N–H and O–H groups in total. The Labute approximate surface area is 107 Å². The van der Waals surface area contributed by atoms with Crippen LogP contribution < -0.4 is 5.32 Å². The molecule has 0 spiro atoms. The summed E-state index contributed by atoms with van der Waals surface area (Å²) in [4.78, 5) is 2.59. The van der Waals surface area contributed by atoms with Crippen LogP contribution in [0.15, 0.2) is 0 Å². The molecule has 2 atom stereocenters. The van der Waals surface area contributed by atoms with Crippen molar-refractivity contribution in [1.29, 1.82) is 0 Å². The lowest BCUT2D eigenvalue weighted by atomic mass is 9.84. The van der Waals surface area contributed by atoms with Crippen molar-refractivity contribution in [3.05, 3.63) is 0 Å². The summed E-state index contributed by atoms with van der Waals surface area (Å²) in [7, 11) is 2.06. The van der Waals surface area contributed by atoms with Crippen molar-refractivity contribution in [3.8, 4) is 0 Å². The molecule has 3 nitrogen and oxygen atoms in total. The van der Waals surface area contributed by atoms with Crippen molar-refractivity contribution in [2.45, 2.75) is 46.1 Å². The molecule has 1 rings (SSSR count). The van der Waals surface area contributed by atoms with Gasteiger partial charge in [-0.15, -0.1) is 0 Å². The molecule has 0 radical (unpaired) electrons. The molecule has 1 heterocycles. The molecule has 17 heavy (non-hydrogen) atoms. The van der Waals surface area contributed by atoms with Crippen molar-refractivity contribution in [3.63, 3.8) is 0 Å². The third-order valence-electron chi connectivity index (χ3n) is 3.74. The van der Waals surface area contributed by atoms with Crippen LogP contribution in [0.3, 0.4) is 0 Å². The molecular formula is C14H30N2O. The van der Waals surface area contributed by atoms with Gasteiger partial charge in [0.25, 0.3) is 0 Å². The SMILES string of the molecule is CCCC(C)(CNC)CN1CCOC(CC)C1. The van der Waals surface area contributed by atoms with Crippen LogP contribution in [-0.2, 0) is 4.74 Å². The lowest BCUT2D eigenvalue weighted by Gasteiger charge is -2.39. The first kappa shape index (κ1) is 14.9. The Morgan fingerprint density at radius 1 is 1.41 bits per heavy atom. The summed E-state index contributed by atoms with van der Waals surface area (Å²) in [5.41, 5.74) is 0.402. The van der Waals surface area contributed by atoms with Crippen molar-refractivity contribution >= 4 is 0 Å². The number of morpholine rings is 1. The van der Waals surface area contributed by atoms with Gasteiger partial charge in [0.05, 0.1) is 12.7 Å². The summed E-state index contributed by atoms with van der Waals surface area (Å²) in [6, 6.07) is 0. The van der Waals surface area contributed by atoms with Gasteiger partial charge < -0.3 is 10.1 Å². The minimum absolute atomic E-state index is 0.402. The van der Waals surface area contributed by atoms with Crippen LogP contribution in [-0.4, -0.2) is 50.8 Å². The third kappa shape index (κ3) is 4.94. The number of hydrogen-bond acceptors (Lipinski definition) is 3. The number of nitrogens with one attached hydrogen (secondary N) is 1. The zero-order valence-electron chi connectivity index (χ0n) is 12.1. The predicted molar refractivity (Wildman–Crippen MR) is 73.4 cm³/mol. The minimum atomic E-state index is 0.402. The smallest absolute Gasteiger partial charge is 0.0700 e. The monoisotopic (exact) mass is 242 g/mol. The fraction of sp³-hybridized carbons (Fsp3) is 1.00. The molecule has 0 bridgehead atoms. The molecule has 0 aromatic heterocycles. The second-order valence-electron chi connectivity index (χ2n) is 5.73. The normalized spacial score (nSPS) is 25.8. The maximum absolute atomic E-state index is 5.73. The Morgan fingerprint density at radius 2 is 2.18 bits per heavy atom. The van der Waals surface area contributed by atoms with E-state index in [1.165, 1.54) is 19.4 Å². The van der Waals surface area contributed by atoms with E-state index in [0.29, 0.717) is 11.5 Å². The minimum Gasteiger partial charge on any atom is -0.376 e. The molecule has 3 heteroatoms. The van der Waals surface area contributed by atoms with Gasteiger partial charge in [-0.3, -0.25) is 4.90 Å². The van der Waals surface area contributed by atoms with Gasteiger partial charge in [0.2, 0.25) is 0 Å². The van der Waals surface area contributed by atoms with Crippen molar-refractivity contribution in [2.24, 2.45) is 5.41 Å². The topological polar surface area (TPSA) is 24.5 Å². The van der Waals surface area contributed by atoms with E-state index in [4.69, 9.17) is 4.74 Å². The average molecular weight is 242 g/mol. The van der Waals surface area contributed by atoms with Gasteiger partial charge in [0.1, 0.15) is 0 Å². The predicted octanol–water partition coefficient (Wildman–Crippen LogP) is 2.12. The molecule has 1 fully saturated rings. The van der Waals surface area contributed by atoms with Crippen LogP contribution in [0.2, 0.25) is 0 Å². The highest BCUT2D eigenvalue weighted by atomic mass is 16.5. The molecule has 0 saturated carbocycles. The van der Waals surface area contributed by atoms with E-state index < -0.39 is 0 Å². The molecule has 0 aromatic rings. The first-order chi connectivity index (χ1) is 8.13. The summed E-state index contributed by atoms with van der Waals surface area (Å²) in [5.74, 6) is 0. The quantitative estimate of drug-likeness (QED) is 0.740. The highest BCUT2D eigenvalue weighted by Gasteiger charge is 2.28. The molecule has 102 valence electrons. The maximum Gasteiger partial charge on any atom is 0.0700 e. The Morgan fingerprint density at radius 3 is 2.76 bits per heavy atom. The van der Waals surface area contributed by atoms with E-state index in [1.54, 1.807) is 0 Å². The Kier molecular flexibility index (Phi) is 6.45. The van der Waals surface area contributed by atoms with Gasteiger partial charge in [-0.2, -0.15) is 0 Å². The lowest BCUT2D eigenvalue weighted by molar-refractivity contribution is -0.0415. The highest BCUT2D eigenvalue weighted by Crippen LogP contribution is 2.25. The van der Waals surface area contributed by atoms with E-state index >= 15 is 0 Å². The van der Waals surface area contributed by atoms with Crippen LogP contribution in [0.4, 0.5) is 0 Å². The number of ether oxygens (including phenoxy) is 1. The maximum atomic E-state index is 5.73. The third-order valence-corrected chi connectivity index (χ3v) is 3.74. The van der Waals surface area contributed by atoms with Gasteiger partial charge in [0.15, 0.2) is 0 Å². The second kappa shape index (κ2) is 7.34. The van der Waals surface area contributed by atoms with Crippen LogP contribution in [0.5, 0.6) is 0 Å². The summed E-state index contributed by atoms with van der Waals surface area (Å²) in [6.07, 6.45) is 4.14. The zero-order valence-corrected chi connectivity index (χ0v) is 12.1. The van der Waals surface area contributed by atoms with E-state index in [2.05, 4.69) is 38.0 Å². The lowest BCUT2D eigenvalue weighted by Crippen LogP contribution is -2.48. The summed E-state index contributed by atoms with van der Waals surface area (Å²) in [6.45, 7) is 12.3. The van der Waals surface area contributed by atoms with Gasteiger partial charge in [-0.25, -0.2) is 0 Å². The first-order valence-electron chi connectivity index (χ1n) is 7.12. The second-order valence-corrected chi connectivity index (χ2v) is 5.73. The van der Waals surface area contributed by atoms with Crippen LogP contribution in [0.25, 0.3) is 0 Å². The van der Waals surface area contributed by atoms with Crippen molar-refractivity contribution < 1.29 is 4.74 Å². The molecule has 0 aliphatic carbocycles. The molecule has 1 aliphatic rings. The fourth-order valence-electron chi connectivity index (χ4n) is 2.96.